The Hall–Kier alpha value is -3.92. The van der Waals surface area contributed by atoms with Gasteiger partial charge in [-0.05, 0) is 61.9 Å². The number of amides is 1. The number of carbonyl (C=O) groups is 2. The van der Waals surface area contributed by atoms with Crippen molar-refractivity contribution in [3.8, 4) is 0 Å². The first kappa shape index (κ1) is 24.2. The quantitative estimate of drug-likeness (QED) is 0.230. The van der Waals surface area contributed by atoms with E-state index in [2.05, 4.69) is 10.3 Å². The second kappa shape index (κ2) is 10.1. The second-order valence-electron chi connectivity index (χ2n) is 7.80. The number of rotatable bonds is 7. The summed E-state index contributed by atoms with van der Waals surface area (Å²) in [7, 11) is 1.27. The molecule has 2 heterocycles. The number of benzene rings is 2. The molecule has 8 nitrogen and oxygen atoms in total. The van der Waals surface area contributed by atoms with Gasteiger partial charge in [-0.2, -0.15) is 0 Å². The molecule has 0 radical (unpaired) electrons. The fraction of sp³-hybridized carbons (Fsp3) is 0.200. The molecule has 4 rings (SSSR count). The molecular formula is C25H22FN3O5S. The standard InChI is InChI=1S/C25H22FN3O5S/c1-14-6-8-17(12-20(14)26)27-22(30)15(2)35-25-28-21-11-16(24(32)33-3)7-9-19(21)23(31)29(25)13-18-5-4-10-34-18/h4-12,15H,13H2,1-3H3,(H,27,30). The topological polar surface area (TPSA) is 103 Å². The zero-order valence-electron chi connectivity index (χ0n) is 19.2. The van der Waals surface area contributed by atoms with Gasteiger partial charge in [0.2, 0.25) is 5.91 Å². The maximum atomic E-state index is 13.9. The van der Waals surface area contributed by atoms with Crippen LogP contribution in [0.3, 0.4) is 0 Å². The minimum atomic E-state index is -0.685. The smallest absolute Gasteiger partial charge is 0.337 e. The summed E-state index contributed by atoms with van der Waals surface area (Å²) in [4.78, 5) is 42.7. The summed E-state index contributed by atoms with van der Waals surface area (Å²) in [5.74, 6) is -0.831. The molecule has 0 bridgehead atoms. The second-order valence-corrected chi connectivity index (χ2v) is 9.11. The first-order valence-corrected chi connectivity index (χ1v) is 11.5. The van der Waals surface area contributed by atoms with Crippen LogP contribution in [0, 0.1) is 12.7 Å². The van der Waals surface area contributed by atoms with Crippen LogP contribution in [0.1, 0.15) is 28.6 Å². The fourth-order valence-electron chi connectivity index (χ4n) is 3.36. The van der Waals surface area contributed by atoms with Crippen LogP contribution < -0.4 is 10.9 Å². The molecule has 1 atom stereocenters. The van der Waals surface area contributed by atoms with Gasteiger partial charge >= 0.3 is 5.97 Å². The number of anilines is 1. The molecule has 1 unspecified atom stereocenters. The van der Waals surface area contributed by atoms with Crippen LogP contribution in [0.5, 0.6) is 0 Å². The molecule has 0 aliphatic carbocycles. The van der Waals surface area contributed by atoms with Gasteiger partial charge in [0.1, 0.15) is 11.6 Å². The maximum Gasteiger partial charge on any atom is 0.337 e. The number of nitrogens with zero attached hydrogens (tertiary/aromatic N) is 2. The Morgan fingerprint density at radius 2 is 2.03 bits per heavy atom. The molecule has 1 amide bonds. The van der Waals surface area contributed by atoms with E-state index < -0.39 is 17.0 Å². The highest BCUT2D eigenvalue weighted by molar-refractivity contribution is 8.00. The van der Waals surface area contributed by atoms with E-state index in [9.17, 15) is 18.8 Å². The Bertz CT molecular complexity index is 1470. The lowest BCUT2D eigenvalue weighted by atomic mass is 10.1. The third kappa shape index (κ3) is 5.27. The lowest BCUT2D eigenvalue weighted by Gasteiger charge is -2.16. The van der Waals surface area contributed by atoms with E-state index in [1.165, 1.54) is 42.2 Å². The number of furan rings is 1. The average molecular weight is 496 g/mol. The zero-order valence-corrected chi connectivity index (χ0v) is 20.0. The Labute approximate surface area is 204 Å². The first-order chi connectivity index (χ1) is 16.8. The maximum absolute atomic E-state index is 13.9. The number of aromatic nitrogens is 2. The van der Waals surface area contributed by atoms with Crippen LogP contribution in [0.4, 0.5) is 10.1 Å². The monoisotopic (exact) mass is 495 g/mol. The Morgan fingerprint density at radius 3 is 2.71 bits per heavy atom. The van der Waals surface area contributed by atoms with Crippen molar-refractivity contribution in [3.05, 3.63) is 87.9 Å². The van der Waals surface area contributed by atoms with Crippen molar-refractivity contribution in [3.63, 3.8) is 0 Å². The SMILES string of the molecule is COC(=O)c1ccc2c(=O)n(Cc3ccco3)c(SC(C)C(=O)Nc3ccc(C)c(F)c3)nc2c1. The molecule has 2 aromatic carbocycles. The van der Waals surface area contributed by atoms with Crippen molar-refractivity contribution in [2.24, 2.45) is 0 Å². The van der Waals surface area contributed by atoms with Crippen molar-refractivity contribution in [1.29, 1.82) is 0 Å². The lowest BCUT2D eigenvalue weighted by Crippen LogP contribution is -2.27. The molecule has 0 saturated heterocycles. The minimum absolute atomic E-state index is 0.105. The number of thioether (sulfide) groups is 1. The molecule has 0 aliphatic rings. The van der Waals surface area contributed by atoms with E-state index in [1.54, 1.807) is 38.1 Å². The van der Waals surface area contributed by atoms with E-state index in [4.69, 9.17) is 9.15 Å². The number of hydrogen-bond donors (Lipinski definition) is 1. The molecule has 1 N–H and O–H groups in total. The number of nitrogens with one attached hydrogen (secondary N) is 1. The molecule has 0 spiro atoms. The van der Waals surface area contributed by atoms with E-state index >= 15 is 0 Å². The minimum Gasteiger partial charge on any atom is -0.467 e. The van der Waals surface area contributed by atoms with Crippen LogP contribution in [0.25, 0.3) is 10.9 Å². The first-order valence-electron chi connectivity index (χ1n) is 10.7. The van der Waals surface area contributed by atoms with Crippen molar-refractivity contribution in [1.82, 2.24) is 9.55 Å². The molecule has 35 heavy (non-hydrogen) atoms. The summed E-state index contributed by atoms with van der Waals surface area (Å²) in [6.07, 6.45) is 1.50. The van der Waals surface area contributed by atoms with Gasteiger partial charge in [-0.25, -0.2) is 14.2 Å². The number of hydrogen-bond acceptors (Lipinski definition) is 7. The number of esters is 1. The number of halogens is 1. The van der Waals surface area contributed by atoms with E-state index in [1.807, 2.05) is 0 Å². The van der Waals surface area contributed by atoms with Crippen molar-refractivity contribution >= 4 is 40.2 Å². The molecule has 2 aromatic heterocycles. The van der Waals surface area contributed by atoms with Crippen molar-refractivity contribution in [2.75, 3.05) is 12.4 Å². The number of carbonyl (C=O) groups excluding carboxylic acids is 2. The highest BCUT2D eigenvalue weighted by Crippen LogP contribution is 2.25. The normalized spacial score (nSPS) is 11.9. The molecular weight excluding hydrogens is 473 g/mol. The van der Waals surface area contributed by atoms with Gasteiger partial charge in [0, 0.05) is 5.69 Å². The molecule has 0 fully saturated rings. The predicted octanol–water partition coefficient (Wildman–Crippen LogP) is 4.39. The van der Waals surface area contributed by atoms with Crippen LogP contribution in [-0.2, 0) is 16.1 Å². The Morgan fingerprint density at radius 1 is 1.23 bits per heavy atom. The van der Waals surface area contributed by atoms with Crippen molar-refractivity contribution < 1.29 is 23.1 Å². The summed E-state index contributed by atoms with van der Waals surface area (Å²) in [5.41, 5.74) is 0.994. The predicted molar refractivity (Wildman–Crippen MR) is 130 cm³/mol. The lowest BCUT2D eigenvalue weighted by molar-refractivity contribution is -0.115. The fourth-order valence-corrected chi connectivity index (χ4v) is 4.27. The highest BCUT2D eigenvalue weighted by Gasteiger charge is 2.21. The van der Waals surface area contributed by atoms with E-state index in [-0.39, 0.29) is 28.7 Å². The van der Waals surface area contributed by atoms with E-state index in [0.29, 0.717) is 27.9 Å². The molecule has 180 valence electrons. The van der Waals surface area contributed by atoms with Crippen molar-refractivity contribution in [2.45, 2.75) is 30.8 Å². The van der Waals surface area contributed by atoms with Gasteiger partial charge < -0.3 is 14.5 Å². The summed E-state index contributed by atoms with van der Waals surface area (Å²) in [6, 6.07) is 12.4. The van der Waals surface area contributed by atoms with Gasteiger partial charge in [0.25, 0.3) is 5.56 Å². The summed E-state index contributed by atoms with van der Waals surface area (Å²) in [5, 5.41) is 2.57. The number of methoxy groups -OCH3 is 1. The summed E-state index contributed by atoms with van der Waals surface area (Å²) >= 11 is 1.06. The van der Waals surface area contributed by atoms with E-state index in [0.717, 1.165) is 11.8 Å². The van der Waals surface area contributed by atoms with Crippen LogP contribution in [-0.4, -0.2) is 33.8 Å². The molecule has 0 aliphatic heterocycles. The van der Waals surface area contributed by atoms with Gasteiger partial charge in [-0.1, -0.05) is 17.8 Å². The van der Waals surface area contributed by atoms with Gasteiger partial charge in [-0.15, -0.1) is 0 Å². The van der Waals surface area contributed by atoms with Crippen LogP contribution in [0.15, 0.2) is 69.2 Å². The summed E-state index contributed by atoms with van der Waals surface area (Å²) < 4.78 is 25.5. The highest BCUT2D eigenvalue weighted by atomic mass is 32.2. The van der Waals surface area contributed by atoms with Gasteiger partial charge in [0.15, 0.2) is 5.16 Å². The number of aryl methyl sites for hydroxylation is 1. The van der Waals surface area contributed by atoms with Crippen LogP contribution in [0.2, 0.25) is 0 Å². The Balaban J connectivity index is 1.69. The molecule has 4 aromatic rings. The number of ether oxygens (including phenoxy) is 1. The molecule has 10 heteroatoms. The Kier molecular flexibility index (Phi) is 7.02. The number of fused-ring (bicyclic) bond motifs is 1. The average Bonchev–Trinajstić information content (AvgIpc) is 3.36. The van der Waals surface area contributed by atoms with Gasteiger partial charge in [-0.3, -0.25) is 14.2 Å². The van der Waals surface area contributed by atoms with Gasteiger partial charge in [0.05, 0.1) is 41.6 Å². The van der Waals surface area contributed by atoms with Crippen LogP contribution >= 0.6 is 11.8 Å². The largest absolute Gasteiger partial charge is 0.467 e. The molecule has 0 saturated carbocycles. The third-order valence-corrected chi connectivity index (χ3v) is 6.42. The summed E-state index contributed by atoms with van der Waals surface area (Å²) in [6.45, 7) is 3.39. The third-order valence-electron chi connectivity index (χ3n) is 5.33. The zero-order chi connectivity index (χ0) is 25.1.